The Labute approximate surface area is 117 Å². The van der Waals surface area contributed by atoms with Gasteiger partial charge in [-0.3, -0.25) is 4.79 Å². The number of halogens is 1. The molecule has 0 aliphatic carbocycles. The van der Waals surface area contributed by atoms with Crippen molar-refractivity contribution >= 4 is 21.9 Å². The Bertz CT molecular complexity index is 395. The Morgan fingerprint density at radius 2 is 1.89 bits per heavy atom. The van der Waals surface area contributed by atoms with Gasteiger partial charge in [-0.25, -0.2) is 0 Å². The Morgan fingerprint density at radius 3 is 2.33 bits per heavy atom. The quantitative estimate of drug-likeness (QED) is 0.869. The number of rotatable bonds is 4. The Morgan fingerprint density at radius 1 is 1.33 bits per heavy atom. The van der Waals surface area contributed by atoms with Crippen molar-refractivity contribution < 1.29 is 9.53 Å². The van der Waals surface area contributed by atoms with E-state index in [1.54, 1.807) is 7.05 Å². The molecule has 0 bridgehead atoms. The second-order valence-electron chi connectivity index (χ2n) is 5.21. The standard InChI is InChI=1S/C14H20BrNO2/c1-14(2,3)18-13(17)12(16-4)9-10-5-7-11(15)8-6-10/h5-8,12,16H,9H2,1-4H3. The molecule has 0 spiro atoms. The van der Waals surface area contributed by atoms with Gasteiger partial charge >= 0.3 is 5.97 Å². The van der Waals surface area contributed by atoms with E-state index in [1.807, 2.05) is 45.0 Å². The van der Waals surface area contributed by atoms with Crippen molar-refractivity contribution in [1.82, 2.24) is 5.32 Å². The molecule has 1 aromatic rings. The van der Waals surface area contributed by atoms with E-state index in [9.17, 15) is 4.79 Å². The van der Waals surface area contributed by atoms with Gasteiger partial charge in [0.25, 0.3) is 0 Å². The molecule has 1 aromatic carbocycles. The van der Waals surface area contributed by atoms with E-state index >= 15 is 0 Å². The van der Waals surface area contributed by atoms with Gasteiger partial charge in [0, 0.05) is 4.47 Å². The van der Waals surface area contributed by atoms with Crippen molar-refractivity contribution in [1.29, 1.82) is 0 Å². The summed E-state index contributed by atoms with van der Waals surface area (Å²) in [6, 6.07) is 7.62. The number of carbonyl (C=O) groups is 1. The number of ether oxygens (including phenoxy) is 1. The molecule has 0 saturated carbocycles. The second kappa shape index (κ2) is 6.34. The lowest BCUT2D eigenvalue weighted by atomic mass is 10.1. The predicted molar refractivity (Wildman–Crippen MR) is 76.5 cm³/mol. The Kier molecular flexibility index (Phi) is 5.35. The maximum atomic E-state index is 12.0. The number of carbonyl (C=O) groups excluding carboxylic acids is 1. The molecule has 18 heavy (non-hydrogen) atoms. The van der Waals surface area contributed by atoms with Crippen molar-refractivity contribution in [3.63, 3.8) is 0 Å². The lowest BCUT2D eigenvalue weighted by molar-refractivity contribution is -0.157. The van der Waals surface area contributed by atoms with Gasteiger partial charge in [0.2, 0.25) is 0 Å². The highest BCUT2D eigenvalue weighted by atomic mass is 79.9. The largest absolute Gasteiger partial charge is 0.459 e. The molecule has 0 aromatic heterocycles. The molecule has 1 unspecified atom stereocenters. The second-order valence-corrected chi connectivity index (χ2v) is 6.12. The molecule has 0 saturated heterocycles. The van der Waals surface area contributed by atoms with Crippen LogP contribution in [0.5, 0.6) is 0 Å². The van der Waals surface area contributed by atoms with Gasteiger partial charge < -0.3 is 10.1 Å². The number of esters is 1. The average Bonchev–Trinajstić information content (AvgIpc) is 2.25. The first-order valence-corrected chi connectivity index (χ1v) is 6.75. The molecule has 0 aliphatic rings. The van der Waals surface area contributed by atoms with Crippen LogP contribution in [0.3, 0.4) is 0 Å². The SMILES string of the molecule is CNC(Cc1ccc(Br)cc1)C(=O)OC(C)(C)C. The zero-order valence-electron chi connectivity index (χ0n) is 11.3. The molecular weight excluding hydrogens is 294 g/mol. The monoisotopic (exact) mass is 313 g/mol. The van der Waals surface area contributed by atoms with Gasteiger partial charge in [0.1, 0.15) is 11.6 Å². The molecule has 1 atom stereocenters. The maximum Gasteiger partial charge on any atom is 0.323 e. The first-order chi connectivity index (χ1) is 8.31. The van der Waals surface area contributed by atoms with E-state index in [0.717, 1.165) is 10.0 Å². The van der Waals surface area contributed by atoms with Gasteiger partial charge in [-0.15, -0.1) is 0 Å². The van der Waals surface area contributed by atoms with Crippen LogP contribution < -0.4 is 5.32 Å². The van der Waals surface area contributed by atoms with Gasteiger partial charge in [-0.05, 0) is 51.9 Å². The molecule has 0 fully saturated rings. The molecule has 100 valence electrons. The van der Waals surface area contributed by atoms with Crippen LogP contribution in [0.2, 0.25) is 0 Å². The highest BCUT2D eigenvalue weighted by Gasteiger charge is 2.23. The molecule has 0 radical (unpaired) electrons. The van der Waals surface area contributed by atoms with Crippen molar-refractivity contribution in [2.75, 3.05) is 7.05 Å². The topological polar surface area (TPSA) is 38.3 Å². The highest BCUT2D eigenvalue weighted by molar-refractivity contribution is 9.10. The van der Waals surface area contributed by atoms with E-state index < -0.39 is 5.60 Å². The van der Waals surface area contributed by atoms with Crippen molar-refractivity contribution in [3.05, 3.63) is 34.3 Å². The third-order valence-corrected chi connectivity index (χ3v) is 2.92. The summed E-state index contributed by atoms with van der Waals surface area (Å²) in [5.41, 5.74) is 0.648. The van der Waals surface area contributed by atoms with E-state index in [1.165, 1.54) is 0 Å². The Hall–Kier alpha value is -0.870. The third-order valence-electron chi connectivity index (χ3n) is 2.39. The van der Waals surface area contributed by atoms with Crippen molar-refractivity contribution in [2.45, 2.75) is 38.8 Å². The summed E-state index contributed by atoms with van der Waals surface area (Å²) in [7, 11) is 1.77. The van der Waals surface area contributed by atoms with Crippen LogP contribution in [-0.2, 0) is 16.0 Å². The minimum Gasteiger partial charge on any atom is -0.459 e. The fourth-order valence-corrected chi connectivity index (χ4v) is 1.80. The fraction of sp³-hybridized carbons (Fsp3) is 0.500. The molecule has 1 N–H and O–H groups in total. The van der Waals surface area contributed by atoms with Gasteiger partial charge in [-0.2, -0.15) is 0 Å². The number of hydrogen-bond acceptors (Lipinski definition) is 3. The molecule has 4 heteroatoms. The van der Waals surface area contributed by atoms with Crippen LogP contribution in [0.4, 0.5) is 0 Å². The minimum absolute atomic E-state index is 0.215. The van der Waals surface area contributed by atoms with Crippen LogP contribution in [0.1, 0.15) is 26.3 Å². The summed E-state index contributed by atoms with van der Waals surface area (Å²) in [6.07, 6.45) is 0.624. The summed E-state index contributed by atoms with van der Waals surface area (Å²) >= 11 is 3.39. The summed E-state index contributed by atoms with van der Waals surface area (Å²) < 4.78 is 6.41. The normalized spacial score (nSPS) is 13.2. The first kappa shape index (κ1) is 15.2. The van der Waals surface area contributed by atoms with Crippen LogP contribution in [-0.4, -0.2) is 24.7 Å². The highest BCUT2D eigenvalue weighted by Crippen LogP contribution is 2.14. The van der Waals surface area contributed by atoms with Gasteiger partial charge in [-0.1, -0.05) is 28.1 Å². The van der Waals surface area contributed by atoms with E-state index in [2.05, 4.69) is 21.2 Å². The molecule has 0 heterocycles. The van der Waals surface area contributed by atoms with Crippen molar-refractivity contribution in [3.8, 4) is 0 Å². The van der Waals surface area contributed by atoms with Crippen molar-refractivity contribution in [2.24, 2.45) is 0 Å². The number of hydrogen-bond donors (Lipinski definition) is 1. The predicted octanol–water partition coefficient (Wildman–Crippen LogP) is 2.92. The number of nitrogens with one attached hydrogen (secondary N) is 1. The Balaban J connectivity index is 2.67. The van der Waals surface area contributed by atoms with Crippen LogP contribution in [0, 0.1) is 0 Å². The molecule has 0 aliphatic heterocycles. The lowest BCUT2D eigenvalue weighted by Gasteiger charge is -2.23. The fourth-order valence-electron chi connectivity index (χ4n) is 1.53. The number of likely N-dealkylation sites (N-methyl/N-ethyl adjacent to an activating group) is 1. The summed E-state index contributed by atoms with van der Waals surface area (Å²) in [5, 5.41) is 3.00. The van der Waals surface area contributed by atoms with Crippen LogP contribution in [0.25, 0.3) is 0 Å². The lowest BCUT2D eigenvalue weighted by Crippen LogP contribution is -2.41. The van der Waals surface area contributed by atoms with E-state index in [-0.39, 0.29) is 12.0 Å². The van der Waals surface area contributed by atoms with Gasteiger partial charge in [0.15, 0.2) is 0 Å². The smallest absolute Gasteiger partial charge is 0.323 e. The summed E-state index contributed by atoms with van der Waals surface area (Å²) in [4.78, 5) is 12.0. The van der Waals surface area contributed by atoms with Crippen LogP contribution in [0.15, 0.2) is 28.7 Å². The molecule has 3 nitrogen and oxygen atoms in total. The van der Waals surface area contributed by atoms with E-state index in [4.69, 9.17) is 4.74 Å². The minimum atomic E-state index is -0.452. The zero-order chi connectivity index (χ0) is 13.8. The summed E-state index contributed by atoms with van der Waals surface area (Å²) in [6.45, 7) is 5.62. The third kappa shape index (κ3) is 5.19. The maximum absolute atomic E-state index is 12.0. The number of benzene rings is 1. The molecule has 1 rings (SSSR count). The van der Waals surface area contributed by atoms with Gasteiger partial charge in [0.05, 0.1) is 0 Å². The molecule has 0 amide bonds. The van der Waals surface area contributed by atoms with Crippen LogP contribution >= 0.6 is 15.9 Å². The molecular formula is C14H20BrNO2. The zero-order valence-corrected chi connectivity index (χ0v) is 12.9. The van der Waals surface area contributed by atoms with E-state index in [0.29, 0.717) is 6.42 Å². The average molecular weight is 314 g/mol. The summed E-state index contributed by atoms with van der Waals surface area (Å²) in [5.74, 6) is -0.215. The first-order valence-electron chi connectivity index (χ1n) is 5.96.